The number of amides is 2. The molecule has 1 aromatic carbocycles. The lowest BCUT2D eigenvalue weighted by Crippen LogP contribution is -2.49. The van der Waals surface area contributed by atoms with E-state index in [2.05, 4.69) is 24.5 Å². The first-order chi connectivity index (χ1) is 12.5. The van der Waals surface area contributed by atoms with Crippen LogP contribution in [0, 0.1) is 0 Å². The first kappa shape index (κ1) is 23.2. The van der Waals surface area contributed by atoms with Crippen LogP contribution >= 0.6 is 12.4 Å². The van der Waals surface area contributed by atoms with Crippen molar-refractivity contribution in [2.75, 3.05) is 26.2 Å². The first-order valence-corrected chi connectivity index (χ1v) is 9.55. The van der Waals surface area contributed by atoms with Gasteiger partial charge in [0.05, 0.1) is 0 Å². The smallest absolute Gasteiger partial charge is 0.260 e. The number of ether oxygens (including phenoxy) is 1. The minimum atomic E-state index is -0.110. The number of hydrogen-bond acceptors (Lipinski definition) is 4. The summed E-state index contributed by atoms with van der Waals surface area (Å²) in [6.45, 7) is 8.47. The Morgan fingerprint density at radius 3 is 2.33 bits per heavy atom. The maximum atomic E-state index is 12.5. The highest BCUT2D eigenvalue weighted by Crippen LogP contribution is 2.22. The Morgan fingerprint density at radius 2 is 1.74 bits per heavy atom. The van der Waals surface area contributed by atoms with Gasteiger partial charge in [-0.3, -0.25) is 9.59 Å². The molecule has 1 aliphatic heterocycles. The summed E-state index contributed by atoms with van der Waals surface area (Å²) in [4.78, 5) is 26.4. The predicted molar refractivity (Wildman–Crippen MR) is 110 cm³/mol. The second-order valence-electron chi connectivity index (χ2n) is 6.85. The maximum Gasteiger partial charge on any atom is 0.260 e. The highest BCUT2D eigenvalue weighted by Gasteiger charge is 2.28. The molecule has 2 amide bonds. The van der Waals surface area contributed by atoms with Gasteiger partial charge in [0.25, 0.3) is 11.8 Å². The molecule has 27 heavy (non-hydrogen) atoms. The number of nitrogens with one attached hydrogen (secondary N) is 2. The van der Waals surface area contributed by atoms with E-state index in [1.165, 1.54) is 6.42 Å². The van der Waals surface area contributed by atoms with Gasteiger partial charge in [-0.2, -0.15) is 0 Å². The molecular weight excluding hydrogens is 366 g/mol. The SMILES string of the molecule is CCNCCNC(=O)c1ccc(OCC(=O)N2C(C)CCCC2C)cc1.Cl. The summed E-state index contributed by atoms with van der Waals surface area (Å²) in [7, 11) is 0. The zero-order chi connectivity index (χ0) is 18.9. The van der Waals surface area contributed by atoms with Gasteiger partial charge in [0.2, 0.25) is 0 Å². The van der Waals surface area contributed by atoms with E-state index < -0.39 is 0 Å². The van der Waals surface area contributed by atoms with Crippen LogP contribution in [0.25, 0.3) is 0 Å². The van der Waals surface area contributed by atoms with E-state index in [0.29, 0.717) is 17.9 Å². The van der Waals surface area contributed by atoms with Crippen LogP contribution < -0.4 is 15.4 Å². The van der Waals surface area contributed by atoms with E-state index in [1.54, 1.807) is 24.3 Å². The normalized spacial score (nSPS) is 19.1. The Hall–Kier alpha value is -1.79. The molecule has 2 N–H and O–H groups in total. The molecule has 1 saturated heterocycles. The number of halogens is 1. The number of rotatable bonds is 8. The number of piperidine rings is 1. The summed E-state index contributed by atoms with van der Waals surface area (Å²) in [6, 6.07) is 7.43. The number of carbonyl (C=O) groups is 2. The number of benzene rings is 1. The Labute approximate surface area is 168 Å². The second kappa shape index (κ2) is 11.8. The lowest BCUT2D eigenvalue weighted by atomic mass is 9.97. The molecule has 152 valence electrons. The molecule has 0 aromatic heterocycles. The summed E-state index contributed by atoms with van der Waals surface area (Å²) in [5.41, 5.74) is 0.582. The van der Waals surface area contributed by atoms with E-state index in [1.807, 2.05) is 11.8 Å². The van der Waals surface area contributed by atoms with Gasteiger partial charge in [-0.15, -0.1) is 12.4 Å². The minimum Gasteiger partial charge on any atom is -0.484 e. The molecule has 1 aliphatic rings. The Balaban J connectivity index is 0.00000364. The molecule has 1 heterocycles. The van der Waals surface area contributed by atoms with E-state index in [9.17, 15) is 9.59 Å². The number of carbonyl (C=O) groups excluding carboxylic acids is 2. The highest BCUT2D eigenvalue weighted by molar-refractivity contribution is 5.94. The van der Waals surface area contributed by atoms with Gasteiger partial charge in [-0.25, -0.2) is 0 Å². The van der Waals surface area contributed by atoms with Gasteiger partial charge in [0.1, 0.15) is 5.75 Å². The van der Waals surface area contributed by atoms with Gasteiger partial charge >= 0.3 is 0 Å². The van der Waals surface area contributed by atoms with Gasteiger partial charge in [-0.05, 0) is 63.9 Å². The molecule has 7 heteroatoms. The van der Waals surface area contributed by atoms with Crippen molar-refractivity contribution in [3.05, 3.63) is 29.8 Å². The fraction of sp³-hybridized carbons (Fsp3) is 0.600. The van der Waals surface area contributed by atoms with E-state index >= 15 is 0 Å². The molecule has 2 unspecified atom stereocenters. The lowest BCUT2D eigenvalue weighted by molar-refractivity contribution is -0.139. The van der Waals surface area contributed by atoms with Gasteiger partial charge in [0, 0.05) is 30.7 Å². The highest BCUT2D eigenvalue weighted by atomic mass is 35.5. The Kier molecular flexibility index (Phi) is 10.2. The molecule has 2 atom stereocenters. The van der Waals surface area contributed by atoms with E-state index in [0.717, 1.165) is 25.9 Å². The molecule has 0 saturated carbocycles. The average molecular weight is 398 g/mol. The van der Waals surface area contributed by atoms with E-state index in [-0.39, 0.29) is 42.9 Å². The molecule has 6 nitrogen and oxygen atoms in total. The van der Waals surface area contributed by atoms with Crippen LogP contribution in [-0.4, -0.2) is 55.0 Å². The molecule has 1 fully saturated rings. The van der Waals surface area contributed by atoms with E-state index in [4.69, 9.17) is 4.74 Å². The Bertz CT molecular complexity index is 585. The fourth-order valence-corrected chi connectivity index (χ4v) is 3.38. The average Bonchev–Trinajstić information content (AvgIpc) is 2.63. The third-order valence-corrected chi connectivity index (χ3v) is 4.80. The van der Waals surface area contributed by atoms with Crippen molar-refractivity contribution in [3.8, 4) is 5.75 Å². The monoisotopic (exact) mass is 397 g/mol. The summed E-state index contributed by atoms with van der Waals surface area (Å²) in [6.07, 6.45) is 3.27. The Morgan fingerprint density at radius 1 is 1.11 bits per heavy atom. The molecule has 0 bridgehead atoms. The van der Waals surface area contributed by atoms with Crippen molar-refractivity contribution in [3.63, 3.8) is 0 Å². The molecule has 0 aliphatic carbocycles. The standard InChI is InChI=1S/C20H31N3O3.ClH/c1-4-21-12-13-22-20(25)17-8-10-18(11-9-17)26-14-19(24)23-15(2)6-5-7-16(23)3;/h8-11,15-16,21H,4-7,12-14H2,1-3H3,(H,22,25);1H. The third-order valence-electron chi connectivity index (χ3n) is 4.80. The number of nitrogens with zero attached hydrogens (tertiary/aromatic N) is 1. The van der Waals surface area contributed by atoms with Crippen molar-refractivity contribution in [2.24, 2.45) is 0 Å². The van der Waals surface area contributed by atoms with Gasteiger partial charge in [0.15, 0.2) is 6.61 Å². The van der Waals surface area contributed by atoms with Crippen LogP contribution in [0.5, 0.6) is 5.75 Å². The summed E-state index contributed by atoms with van der Waals surface area (Å²) >= 11 is 0. The minimum absolute atomic E-state index is 0. The molecule has 0 spiro atoms. The predicted octanol–water partition coefficient (Wildman–Crippen LogP) is 2.62. The number of hydrogen-bond donors (Lipinski definition) is 2. The third kappa shape index (κ3) is 7.03. The summed E-state index contributed by atoms with van der Waals surface area (Å²) in [5.74, 6) is 0.510. The van der Waals surface area contributed by atoms with Crippen molar-refractivity contribution in [2.45, 2.75) is 52.1 Å². The van der Waals surface area contributed by atoms with Gasteiger partial charge < -0.3 is 20.3 Å². The number of likely N-dealkylation sites (N-methyl/N-ethyl adjacent to an activating group) is 1. The summed E-state index contributed by atoms with van der Waals surface area (Å²) < 4.78 is 5.63. The largest absolute Gasteiger partial charge is 0.484 e. The van der Waals surface area contributed by atoms with Crippen molar-refractivity contribution in [1.29, 1.82) is 0 Å². The second-order valence-corrected chi connectivity index (χ2v) is 6.85. The molecule has 0 radical (unpaired) electrons. The maximum absolute atomic E-state index is 12.5. The van der Waals surface area contributed by atoms with Crippen LogP contribution in [0.2, 0.25) is 0 Å². The molecule has 2 rings (SSSR count). The molecule has 1 aromatic rings. The lowest BCUT2D eigenvalue weighted by Gasteiger charge is -2.38. The van der Waals surface area contributed by atoms with Crippen molar-refractivity contribution >= 4 is 24.2 Å². The first-order valence-electron chi connectivity index (χ1n) is 9.55. The fourth-order valence-electron chi connectivity index (χ4n) is 3.38. The van der Waals surface area contributed by atoms with Crippen LogP contribution in [0.3, 0.4) is 0 Å². The van der Waals surface area contributed by atoms with Gasteiger partial charge in [-0.1, -0.05) is 6.92 Å². The topological polar surface area (TPSA) is 70.7 Å². The quantitative estimate of drug-likeness (QED) is 0.661. The number of likely N-dealkylation sites (tertiary alicyclic amines) is 1. The van der Waals surface area contributed by atoms with Crippen LogP contribution in [0.4, 0.5) is 0 Å². The molecular formula is C20H32ClN3O3. The van der Waals surface area contributed by atoms with Crippen LogP contribution in [0.1, 0.15) is 50.4 Å². The zero-order valence-electron chi connectivity index (χ0n) is 16.5. The van der Waals surface area contributed by atoms with Crippen LogP contribution in [0.15, 0.2) is 24.3 Å². The van der Waals surface area contributed by atoms with Crippen molar-refractivity contribution < 1.29 is 14.3 Å². The van der Waals surface area contributed by atoms with Crippen LogP contribution in [-0.2, 0) is 4.79 Å². The summed E-state index contributed by atoms with van der Waals surface area (Å²) in [5, 5.41) is 6.01. The zero-order valence-corrected chi connectivity index (χ0v) is 17.3. The van der Waals surface area contributed by atoms with Crippen molar-refractivity contribution in [1.82, 2.24) is 15.5 Å².